The molecule has 2 aromatic rings. The molecule has 2 aromatic carbocycles. The fourth-order valence-electron chi connectivity index (χ4n) is 1.56. The summed E-state index contributed by atoms with van der Waals surface area (Å²) < 4.78 is 25.9. The minimum absolute atomic E-state index is 0.217. The van der Waals surface area contributed by atoms with E-state index in [1.165, 1.54) is 12.1 Å². The molecule has 0 spiro atoms. The number of hydrogen-bond donors (Lipinski definition) is 0. The van der Waals surface area contributed by atoms with Crippen LogP contribution < -0.4 is 0 Å². The van der Waals surface area contributed by atoms with E-state index in [0.717, 1.165) is 11.6 Å². The van der Waals surface area contributed by atoms with Gasteiger partial charge in [-0.3, -0.25) is 0 Å². The van der Waals surface area contributed by atoms with Crippen molar-refractivity contribution in [2.45, 2.75) is 6.42 Å². The molecule has 0 aromatic heterocycles. The van der Waals surface area contributed by atoms with Crippen molar-refractivity contribution in [3.63, 3.8) is 0 Å². The molecule has 0 aliphatic heterocycles. The highest BCUT2D eigenvalue weighted by molar-refractivity contribution is 5.49. The van der Waals surface area contributed by atoms with Crippen LogP contribution >= 0.6 is 0 Å². The first-order valence-corrected chi connectivity index (χ1v) is 5.91. The summed E-state index contributed by atoms with van der Waals surface area (Å²) in [5.74, 6) is 4.30. The molecule has 0 saturated carbocycles. The average Bonchev–Trinajstić information content (AvgIpc) is 2.42. The van der Waals surface area contributed by atoms with Crippen LogP contribution in [0.2, 0.25) is 0 Å². The van der Waals surface area contributed by atoms with Crippen molar-refractivity contribution in [3.8, 4) is 11.8 Å². The second-order valence-corrected chi connectivity index (χ2v) is 3.94. The molecule has 0 nitrogen and oxygen atoms in total. The molecule has 19 heavy (non-hydrogen) atoms. The second-order valence-electron chi connectivity index (χ2n) is 3.94. The van der Waals surface area contributed by atoms with E-state index in [4.69, 9.17) is 0 Å². The van der Waals surface area contributed by atoms with Crippen LogP contribution in [-0.2, 0) is 0 Å². The number of rotatable bonds is 2. The van der Waals surface area contributed by atoms with Gasteiger partial charge in [-0.25, -0.2) is 8.78 Å². The van der Waals surface area contributed by atoms with E-state index in [-0.39, 0.29) is 5.56 Å². The Kier molecular flexibility index (Phi) is 4.47. The quantitative estimate of drug-likeness (QED) is 0.696. The molecule has 0 saturated heterocycles. The molecule has 0 atom stereocenters. The predicted octanol–water partition coefficient (Wildman–Crippen LogP) is 4.42. The zero-order valence-corrected chi connectivity index (χ0v) is 10.2. The van der Waals surface area contributed by atoms with Crippen LogP contribution in [0.15, 0.2) is 54.6 Å². The molecule has 0 aliphatic rings. The lowest BCUT2D eigenvalue weighted by atomic mass is 10.2. The Hall–Kier alpha value is -2.40. The SMILES string of the molecule is Fc1ccc(C#CC/C=C/c2ccccc2)c(F)c1. The van der Waals surface area contributed by atoms with Crippen LogP contribution in [0.4, 0.5) is 8.78 Å². The highest BCUT2D eigenvalue weighted by Crippen LogP contribution is 2.08. The Morgan fingerprint density at radius 3 is 2.53 bits per heavy atom. The van der Waals surface area contributed by atoms with Crippen molar-refractivity contribution in [1.29, 1.82) is 0 Å². The van der Waals surface area contributed by atoms with Crippen LogP contribution in [0.25, 0.3) is 6.08 Å². The molecule has 2 rings (SSSR count). The molecular formula is C17H12F2. The van der Waals surface area contributed by atoms with E-state index in [1.807, 2.05) is 42.5 Å². The molecular weight excluding hydrogens is 242 g/mol. The summed E-state index contributed by atoms with van der Waals surface area (Å²) in [6.45, 7) is 0. The van der Waals surface area contributed by atoms with Crippen molar-refractivity contribution in [2.24, 2.45) is 0 Å². The first-order valence-electron chi connectivity index (χ1n) is 5.91. The normalized spacial score (nSPS) is 10.2. The van der Waals surface area contributed by atoms with Crippen LogP contribution in [0, 0.1) is 23.5 Å². The van der Waals surface area contributed by atoms with E-state index in [2.05, 4.69) is 11.8 Å². The van der Waals surface area contributed by atoms with Gasteiger partial charge in [-0.05, 0) is 17.7 Å². The van der Waals surface area contributed by atoms with Crippen molar-refractivity contribution in [2.75, 3.05) is 0 Å². The maximum Gasteiger partial charge on any atom is 0.141 e. The smallest absolute Gasteiger partial charge is 0.141 e. The molecule has 0 amide bonds. The molecule has 0 fully saturated rings. The number of hydrogen-bond acceptors (Lipinski definition) is 0. The van der Waals surface area contributed by atoms with Crippen molar-refractivity contribution in [3.05, 3.63) is 77.4 Å². The molecule has 0 radical (unpaired) electrons. The van der Waals surface area contributed by atoms with Gasteiger partial charge in [0.05, 0.1) is 5.56 Å². The largest absolute Gasteiger partial charge is 0.207 e. The summed E-state index contributed by atoms with van der Waals surface area (Å²) in [6.07, 6.45) is 4.38. The molecule has 0 N–H and O–H groups in total. The van der Waals surface area contributed by atoms with Gasteiger partial charge in [-0.1, -0.05) is 54.3 Å². The summed E-state index contributed by atoms with van der Waals surface area (Å²) in [6, 6.07) is 13.2. The van der Waals surface area contributed by atoms with Gasteiger partial charge in [0, 0.05) is 12.5 Å². The fourth-order valence-corrected chi connectivity index (χ4v) is 1.56. The number of allylic oxidation sites excluding steroid dienone is 1. The average molecular weight is 254 g/mol. The molecule has 0 aliphatic carbocycles. The molecule has 0 bridgehead atoms. The van der Waals surface area contributed by atoms with E-state index in [0.29, 0.717) is 6.42 Å². The second kappa shape index (κ2) is 6.51. The maximum absolute atomic E-state index is 13.3. The molecule has 2 heteroatoms. The van der Waals surface area contributed by atoms with E-state index < -0.39 is 11.6 Å². The first-order chi connectivity index (χ1) is 9.25. The number of halogens is 2. The van der Waals surface area contributed by atoms with E-state index in [1.54, 1.807) is 0 Å². The third-order valence-electron chi connectivity index (χ3n) is 2.48. The van der Waals surface area contributed by atoms with Gasteiger partial charge in [0.15, 0.2) is 0 Å². The molecule has 94 valence electrons. The van der Waals surface area contributed by atoms with Crippen molar-refractivity contribution < 1.29 is 8.78 Å². The minimum atomic E-state index is -0.625. The van der Waals surface area contributed by atoms with Gasteiger partial charge < -0.3 is 0 Å². The standard InChI is InChI=1S/C17H12F2/c18-16-12-11-15(17(19)13-16)10-6-2-5-9-14-7-3-1-4-8-14/h1,3-5,7-9,11-13H,2H2/b9-5+. The van der Waals surface area contributed by atoms with Gasteiger partial charge in [0.2, 0.25) is 0 Å². The van der Waals surface area contributed by atoms with E-state index >= 15 is 0 Å². The Morgan fingerprint density at radius 2 is 1.79 bits per heavy atom. The number of benzene rings is 2. The van der Waals surface area contributed by atoms with Gasteiger partial charge in [0.25, 0.3) is 0 Å². The van der Waals surface area contributed by atoms with Crippen LogP contribution in [0.1, 0.15) is 17.5 Å². The molecule has 0 unspecified atom stereocenters. The molecule has 0 heterocycles. The van der Waals surface area contributed by atoms with Gasteiger partial charge in [0.1, 0.15) is 11.6 Å². The third kappa shape index (κ3) is 4.08. The van der Waals surface area contributed by atoms with E-state index in [9.17, 15) is 8.78 Å². The Labute approximate surface area is 111 Å². The lowest BCUT2D eigenvalue weighted by molar-refractivity contribution is 0.581. The van der Waals surface area contributed by atoms with Crippen molar-refractivity contribution >= 4 is 6.08 Å². The summed E-state index contributed by atoms with van der Waals surface area (Å²) in [4.78, 5) is 0. The first kappa shape index (κ1) is 13.0. The highest BCUT2D eigenvalue weighted by atomic mass is 19.1. The zero-order chi connectivity index (χ0) is 13.5. The highest BCUT2D eigenvalue weighted by Gasteiger charge is 1.99. The van der Waals surface area contributed by atoms with Gasteiger partial charge in [-0.2, -0.15) is 0 Å². The third-order valence-corrected chi connectivity index (χ3v) is 2.48. The van der Waals surface area contributed by atoms with Crippen LogP contribution in [0.5, 0.6) is 0 Å². The fraction of sp³-hybridized carbons (Fsp3) is 0.0588. The zero-order valence-electron chi connectivity index (χ0n) is 10.2. The monoisotopic (exact) mass is 254 g/mol. The lowest BCUT2D eigenvalue weighted by Gasteiger charge is -1.93. The Morgan fingerprint density at radius 1 is 1.00 bits per heavy atom. The summed E-state index contributed by atoms with van der Waals surface area (Å²) in [5.41, 5.74) is 1.31. The summed E-state index contributed by atoms with van der Waals surface area (Å²) in [5, 5.41) is 0. The summed E-state index contributed by atoms with van der Waals surface area (Å²) in [7, 11) is 0. The predicted molar refractivity (Wildman–Crippen MR) is 73.3 cm³/mol. The topological polar surface area (TPSA) is 0 Å². The van der Waals surface area contributed by atoms with Gasteiger partial charge in [-0.15, -0.1) is 0 Å². The Balaban J connectivity index is 1.96. The van der Waals surface area contributed by atoms with Crippen LogP contribution in [-0.4, -0.2) is 0 Å². The van der Waals surface area contributed by atoms with Crippen molar-refractivity contribution in [1.82, 2.24) is 0 Å². The van der Waals surface area contributed by atoms with Gasteiger partial charge >= 0.3 is 0 Å². The maximum atomic E-state index is 13.3. The Bertz CT molecular complexity index is 631. The minimum Gasteiger partial charge on any atom is -0.207 e. The lowest BCUT2D eigenvalue weighted by Crippen LogP contribution is -1.84. The summed E-state index contributed by atoms with van der Waals surface area (Å²) >= 11 is 0. The van der Waals surface area contributed by atoms with Crippen LogP contribution in [0.3, 0.4) is 0 Å².